The third-order valence-corrected chi connectivity index (χ3v) is 5.69. The van der Waals surface area contributed by atoms with E-state index in [0.29, 0.717) is 6.54 Å². The summed E-state index contributed by atoms with van der Waals surface area (Å²) in [6.45, 7) is 6.24. The highest BCUT2D eigenvalue weighted by Crippen LogP contribution is 2.25. The van der Waals surface area contributed by atoms with Crippen LogP contribution in [0.15, 0.2) is 36.7 Å². The molecule has 1 aromatic carbocycles. The van der Waals surface area contributed by atoms with Crippen molar-refractivity contribution in [2.24, 2.45) is 11.7 Å². The lowest BCUT2D eigenvalue weighted by molar-refractivity contribution is -0.128. The number of amides is 1. The maximum atomic E-state index is 11.7. The summed E-state index contributed by atoms with van der Waals surface area (Å²) >= 11 is 0. The SMILES string of the molecule is CCOCCC1CCN(c2ncc(-c3cccc(CN(C)C(=O)CN)c3)cn2)CC1. The first-order valence-corrected chi connectivity index (χ1v) is 10.8. The number of carbonyl (C=O) groups is 1. The Bertz CT molecular complexity index is 803. The van der Waals surface area contributed by atoms with Crippen LogP contribution in [0.5, 0.6) is 0 Å². The normalized spacial score (nSPS) is 14.7. The number of carbonyl (C=O) groups excluding carboxylic acids is 1. The number of rotatable bonds is 9. The van der Waals surface area contributed by atoms with E-state index in [2.05, 4.69) is 20.9 Å². The lowest BCUT2D eigenvalue weighted by Crippen LogP contribution is -2.35. The fourth-order valence-corrected chi connectivity index (χ4v) is 3.82. The van der Waals surface area contributed by atoms with E-state index in [1.807, 2.05) is 37.5 Å². The molecule has 0 spiro atoms. The molecule has 1 aromatic heterocycles. The maximum absolute atomic E-state index is 11.7. The maximum Gasteiger partial charge on any atom is 0.236 e. The molecule has 2 N–H and O–H groups in total. The van der Waals surface area contributed by atoms with Gasteiger partial charge in [0, 0.05) is 57.9 Å². The molecule has 30 heavy (non-hydrogen) atoms. The number of hydrogen-bond donors (Lipinski definition) is 1. The molecule has 2 aromatic rings. The second-order valence-corrected chi connectivity index (χ2v) is 7.84. The van der Waals surface area contributed by atoms with Crippen LogP contribution in [0, 0.1) is 5.92 Å². The van der Waals surface area contributed by atoms with Crippen LogP contribution in [0.2, 0.25) is 0 Å². The van der Waals surface area contributed by atoms with E-state index >= 15 is 0 Å². The van der Waals surface area contributed by atoms with Crippen molar-refractivity contribution < 1.29 is 9.53 Å². The zero-order chi connectivity index (χ0) is 21.3. The van der Waals surface area contributed by atoms with E-state index in [4.69, 9.17) is 10.5 Å². The zero-order valence-electron chi connectivity index (χ0n) is 18.1. The molecule has 1 fully saturated rings. The van der Waals surface area contributed by atoms with Gasteiger partial charge in [0.05, 0.1) is 6.54 Å². The fourth-order valence-electron chi connectivity index (χ4n) is 3.82. The van der Waals surface area contributed by atoms with Crippen molar-refractivity contribution in [3.8, 4) is 11.1 Å². The van der Waals surface area contributed by atoms with E-state index in [1.165, 1.54) is 0 Å². The Labute approximate surface area is 179 Å². The van der Waals surface area contributed by atoms with Gasteiger partial charge >= 0.3 is 0 Å². The molecule has 1 aliphatic heterocycles. The summed E-state index contributed by atoms with van der Waals surface area (Å²) in [6, 6.07) is 8.11. The van der Waals surface area contributed by atoms with Crippen molar-refractivity contribution in [2.45, 2.75) is 32.7 Å². The van der Waals surface area contributed by atoms with E-state index < -0.39 is 0 Å². The number of anilines is 1. The number of benzene rings is 1. The second kappa shape index (κ2) is 11.0. The Morgan fingerprint density at radius 1 is 1.23 bits per heavy atom. The van der Waals surface area contributed by atoms with Crippen molar-refractivity contribution >= 4 is 11.9 Å². The van der Waals surface area contributed by atoms with Crippen molar-refractivity contribution in [1.29, 1.82) is 0 Å². The average Bonchev–Trinajstić information content (AvgIpc) is 2.79. The lowest BCUT2D eigenvalue weighted by atomic mass is 9.94. The molecule has 1 aliphatic rings. The fraction of sp³-hybridized carbons (Fsp3) is 0.522. The summed E-state index contributed by atoms with van der Waals surface area (Å²) in [4.78, 5) is 24.9. The average molecular weight is 412 g/mol. The number of nitrogens with two attached hydrogens (primary N) is 1. The Kier molecular flexibility index (Phi) is 8.16. The summed E-state index contributed by atoms with van der Waals surface area (Å²) in [7, 11) is 1.76. The third-order valence-electron chi connectivity index (χ3n) is 5.69. The van der Waals surface area contributed by atoms with Crippen LogP contribution in [-0.4, -0.2) is 60.7 Å². The first-order valence-electron chi connectivity index (χ1n) is 10.8. The quantitative estimate of drug-likeness (QED) is 0.639. The number of piperidine rings is 1. The van der Waals surface area contributed by atoms with E-state index in [9.17, 15) is 4.79 Å². The van der Waals surface area contributed by atoms with Crippen LogP contribution in [0.4, 0.5) is 5.95 Å². The van der Waals surface area contributed by atoms with Gasteiger partial charge in [0.15, 0.2) is 0 Å². The van der Waals surface area contributed by atoms with Gasteiger partial charge < -0.3 is 20.3 Å². The molecule has 1 amide bonds. The Balaban J connectivity index is 1.58. The van der Waals surface area contributed by atoms with Gasteiger partial charge in [0.2, 0.25) is 11.9 Å². The second-order valence-electron chi connectivity index (χ2n) is 7.84. The van der Waals surface area contributed by atoms with E-state index in [0.717, 1.165) is 74.1 Å². The Hall–Kier alpha value is -2.51. The van der Waals surface area contributed by atoms with Crippen LogP contribution in [0.3, 0.4) is 0 Å². The summed E-state index contributed by atoms with van der Waals surface area (Å²) in [6.07, 6.45) is 7.24. The first kappa shape index (κ1) is 22.2. The summed E-state index contributed by atoms with van der Waals surface area (Å²) < 4.78 is 5.49. The van der Waals surface area contributed by atoms with E-state index in [-0.39, 0.29) is 12.5 Å². The molecule has 0 unspecified atom stereocenters. The number of aromatic nitrogens is 2. The molecule has 162 valence electrons. The number of nitrogens with zero attached hydrogens (tertiary/aromatic N) is 4. The van der Waals surface area contributed by atoms with Crippen LogP contribution in [-0.2, 0) is 16.1 Å². The van der Waals surface area contributed by atoms with Gasteiger partial charge in [-0.05, 0) is 49.3 Å². The van der Waals surface area contributed by atoms with Crippen LogP contribution in [0.1, 0.15) is 31.7 Å². The molecule has 3 rings (SSSR count). The summed E-state index contributed by atoms with van der Waals surface area (Å²) in [5, 5.41) is 0. The molecule has 2 heterocycles. The first-order chi connectivity index (χ1) is 14.6. The molecule has 0 saturated carbocycles. The smallest absolute Gasteiger partial charge is 0.236 e. The van der Waals surface area contributed by atoms with E-state index in [1.54, 1.807) is 11.9 Å². The zero-order valence-corrected chi connectivity index (χ0v) is 18.1. The standard InChI is InChI=1S/C23H33N5O2/c1-3-30-12-9-18-7-10-28(11-8-18)23-25-15-21(16-26-23)20-6-4-5-19(13-20)17-27(2)22(29)14-24/h4-6,13,15-16,18H,3,7-12,14,17,24H2,1-2H3. The summed E-state index contributed by atoms with van der Waals surface area (Å²) in [5.74, 6) is 1.46. The molecule has 0 atom stereocenters. The summed E-state index contributed by atoms with van der Waals surface area (Å²) in [5.41, 5.74) is 8.51. The largest absolute Gasteiger partial charge is 0.382 e. The predicted octanol–water partition coefficient (Wildman–Crippen LogP) is 2.70. The molecule has 7 nitrogen and oxygen atoms in total. The molecule has 0 radical (unpaired) electrons. The van der Waals surface area contributed by atoms with Crippen molar-refractivity contribution in [3.63, 3.8) is 0 Å². The molecular weight excluding hydrogens is 378 g/mol. The van der Waals surface area contributed by atoms with Gasteiger partial charge in [-0.25, -0.2) is 9.97 Å². The highest BCUT2D eigenvalue weighted by molar-refractivity contribution is 5.77. The lowest BCUT2D eigenvalue weighted by Gasteiger charge is -2.32. The van der Waals surface area contributed by atoms with Crippen LogP contribution in [0.25, 0.3) is 11.1 Å². The molecule has 7 heteroatoms. The van der Waals surface area contributed by atoms with Crippen LogP contribution < -0.4 is 10.6 Å². The van der Waals surface area contributed by atoms with Gasteiger partial charge in [0.1, 0.15) is 0 Å². The van der Waals surface area contributed by atoms with Crippen molar-refractivity contribution in [1.82, 2.24) is 14.9 Å². The van der Waals surface area contributed by atoms with Gasteiger partial charge in [-0.3, -0.25) is 4.79 Å². The van der Waals surface area contributed by atoms with Crippen LogP contribution >= 0.6 is 0 Å². The van der Waals surface area contributed by atoms with Crippen molar-refractivity contribution in [3.05, 3.63) is 42.2 Å². The van der Waals surface area contributed by atoms with Gasteiger partial charge in [0.25, 0.3) is 0 Å². The molecule has 1 saturated heterocycles. The number of hydrogen-bond acceptors (Lipinski definition) is 6. The highest BCUT2D eigenvalue weighted by atomic mass is 16.5. The van der Waals surface area contributed by atoms with Gasteiger partial charge in [-0.2, -0.15) is 0 Å². The van der Waals surface area contributed by atoms with Crippen molar-refractivity contribution in [2.75, 3.05) is 44.8 Å². The molecular formula is C23H33N5O2. The monoisotopic (exact) mass is 411 g/mol. The predicted molar refractivity (Wildman–Crippen MR) is 119 cm³/mol. The molecule has 0 bridgehead atoms. The number of ether oxygens (including phenoxy) is 1. The third kappa shape index (κ3) is 6.00. The Morgan fingerprint density at radius 2 is 1.97 bits per heavy atom. The highest BCUT2D eigenvalue weighted by Gasteiger charge is 2.20. The minimum Gasteiger partial charge on any atom is -0.382 e. The number of likely N-dealkylation sites (N-methyl/N-ethyl adjacent to an activating group) is 1. The minimum absolute atomic E-state index is 0.0231. The van der Waals surface area contributed by atoms with Gasteiger partial charge in [-0.15, -0.1) is 0 Å². The Morgan fingerprint density at radius 3 is 2.63 bits per heavy atom. The van der Waals surface area contributed by atoms with Gasteiger partial charge in [-0.1, -0.05) is 18.2 Å². The topological polar surface area (TPSA) is 84.6 Å². The minimum atomic E-state index is -0.0743. The molecule has 0 aliphatic carbocycles.